The van der Waals surface area contributed by atoms with Crippen molar-refractivity contribution in [2.75, 3.05) is 13.2 Å². The van der Waals surface area contributed by atoms with Crippen LogP contribution in [0.15, 0.2) is 30.3 Å². The van der Waals surface area contributed by atoms with Crippen LogP contribution < -0.4 is 0 Å². The molecule has 1 aliphatic rings. The fourth-order valence-electron chi connectivity index (χ4n) is 2.57. The molecule has 1 aromatic carbocycles. The van der Waals surface area contributed by atoms with Gasteiger partial charge in [0, 0.05) is 6.04 Å². The molecule has 6 nitrogen and oxygen atoms in total. The monoisotopic (exact) mass is 259 g/mol. The summed E-state index contributed by atoms with van der Waals surface area (Å²) >= 11 is 0. The average Bonchev–Trinajstić information content (AvgIpc) is 3.09. The van der Waals surface area contributed by atoms with Crippen molar-refractivity contribution in [1.82, 2.24) is 25.1 Å². The molecule has 0 bridgehead atoms. The van der Waals surface area contributed by atoms with Crippen LogP contribution in [0.1, 0.15) is 18.7 Å². The molecule has 1 N–H and O–H groups in total. The van der Waals surface area contributed by atoms with Crippen molar-refractivity contribution in [3.8, 4) is 5.69 Å². The number of rotatable bonds is 4. The zero-order valence-corrected chi connectivity index (χ0v) is 10.7. The lowest BCUT2D eigenvalue weighted by atomic mass is 10.2. The van der Waals surface area contributed by atoms with Gasteiger partial charge in [0.05, 0.1) is 18.8 Å². The van der Waals surface area contributed by atoms with E-state index in [2.05, 4.69) is 20.4 Å². The number of aliphatic hydroxyl groups is 1. The van der Waals surface area contributed by atoms with Gasteiger partial charge in [-0.15, -0.1) is 5.10 Å². The zero-order valence-electron chi connectivity index (χ0n) is 10.7. The first-order valence-corrected chi connectivity index (χ1v) is 6.56. The number of para-hydroxylation sites is 1. The molecule has 0 spiro atoms. The highest BCUT2D eigenvalue weighted by Crippen LogP contribution is 2.19. The number of aromatic nitrogens is 4. The molecule has 100 valence electrons. The summed E-state index contributed by atoms with van der Waals surface area (Å²) in [4.78, 5) is 2.24. The molecule has 2 heterocycles. The van der Waals surface area contributed by atoms with Crippen LogP contribution in [-0.4, -0.2) is 49.4 Å². The molecule has 3 rings (SSSR count). The predicted molar refractivity (Wildman–Crippen MR) is 69.7 cm³/mol. The van der Waals surface area contributed by atoms with Crippen molar-refractivity contribution in [3.63, 3.8) is 0 Å². The van der Waals surface area contributed by atoms with E-state index in [0.29, 0.717) is 6.54 Å². The quantitative estimate of drug-likeness (QED) is 0.871. The zero-order chi connectivity index (χ0) is 13.1. The Bertz CT molecular complexity index is 527. The van der Waals surface area contributed by atoms with Crippen LogP contribution >= 0.6 is 0 Å². The molecule has 1 aromatic heterocycles. The first-order valence-electron chi connectivity index (χ1n) is 6.56. The van der Waals surface area contributed by atoms with Gasteiger partial charge in [0.25, 0.3) is 0 Å². The van der Waals surface area contributed by atoms with Crippen LogP contribution in [0.3, 0.4) is 0 Å². The first kappa shape index (κ1) is 12.3. The van der Waals surface area contributed by atoms with Crippen molar-refractivity contribution < 1.29 is 5.11 Å². The van der Waals surface area contributed by atoms with Gasteiger partial charge in [-0.1, -0.05) is 18.2 Å². The summed E-state index contributed by atoms with van der Waals surface area (Å²) in [6.45, 7) is 1.87. The maximum Gasteiger partial charge on any atom is 0.170 e. The summed E-state index contributed by atoms with van der Waals surface area (Å²) < 4.78 is 1.76. The smallest absolute Gasteiger partial charge is 0.170 e. The van der Waals surface area contributed by atoms with Crippen LogP contribution in [-0.2, 0) is 6.54 Å². The number of tetrazole rings is 1. The molecular weight excluding hydrogens is 242 g/mol. The van der Waals surface area contributed by atoms with Gasteiger partial charge < -0.3 is 5.11 Å². The Labute approximate surface area is 111 Å². The highest BCUT2D eigenvalue weighted by molar-refractivity contribution is 5.30. The number of likely N-dealkylation sites (tertiary alicyclic amines) is 1. The molecule has 1 saturated heterocycles. The fourth-order valence-corrected chi connectivity index (χ4v) is 2.57. The van der Waals surface area contributed by atoms with E-state index in [-0.39, 0.29) is 12.6 Å². The van der Waals surface area contributed by atoms with E-state index >= 15 is 0 Å². The molecule has 1 atom stereocenters. The van der Waals surface area contributed by atoms with Gasteiger partial charge in [0.15, 0.2) is 5.82 Å². The Kier molecular flexibility index (Phi) is 3.52. The van der Waals surface area contributed by atoms with Gasteiger partial charge in [-0.05, 0) is 41.9 Å². The highest BCUT2D eigenvalue weighted by atomic mass is 16.3. The Balaban J connectivity index is 1.81. The number of aliphatic hydroxyl groups excluding tert-OH is 1. The number of hydrogen-bond donors (Lipinski definition) is 1. The standard InChI is InChI=1S/C13H17N5O/c19-10-12-7-4-8-17(12)9-13-14-15-16-18(13)11-5-2-1-3-6-11/h1-3,5-6,12,19H,4,7-10H2. The van der Waals surface area contributed by atoms with E-state index in [1.54, 1.807) is 4.68 Å². The maximum absolute atomic E-state index is 9.35. The second kappa shape index (κ2) is 5.46. The van der Waals surface area contributed by atoms with Gasteiger partial charge in [0.2, 0.25) is 0 Å². The van der Waals surface area contributed by atoms with Crippen molar-refractivity contribution in [3.05, 3.63) is 36.2 Å². The van der Waals surface area contributed by atoms with Crippen LogP contribution in [0.4, 0.5) is 0 Å². The van der Waals surface area contributed by atoms with Crippen molar-refractivity contribution in [1.29, 1.82) is 0 Å². The van der Waals surface area contributed by atoms with Crippen molar-refractivity contribution in [2.24, 2.45) is 0 Å². The van der Waals surface area contributed by atoms with E-state index in [1.165, 1.54) is 0 Å². The molecule has 19 heavy (non-hydrogen) atoms. The van der Waals surface area contributed by atoms with Crippen LogP contribution in [0, 0.1) is 0 Å². The first-order chi connectivity index (χ1) is 9.38. The number of benzene rings is 1. The Hall–Kier alpha value is -1.79. The van der Waals surface area contributed by atoms with E-state index < -0.39 is 0 Å². The summed E-state index contributed by atoms with van der Waals surface area (Å²) in [6.07, 6.45) is 2.17. The summed E-state index contributed by atoms with van der Waals surface area (Å²) in [7, 11) is 0. The molecular formula is C13H17N5O. The third kappa shape index (κ3) is 2.50. The molecule has 1 fully saturated rings. The fraction of sp³-hybridized carbons (Fsp3) is 0.462. The molecule has 0 radical (unpaired) electrons. The van der Waals surface area contributed by atoms with Gasteiger partial charge in [-0.2, -0.15) is 4.68 Å². The van der Waals surface area contributed by atoms with Crippen molar-refractivity contribution in [2.45, 2.75) is 25.4 Å². The topological polar surface area (TPSA) is 67.1 Å². The molecule has 0 amide bonds. The third-order valence-corrected chi connectivity index (χ3v) is 3.59. The lowest BCUT2D eigenvalue weighted by Gasteiger charge is -2.21. The summed E-state index contributed by atoms with van der Waals surface area (Å²) in [5, 5.41) is 21.3. The summed E-state index contributed by atoms with van der Waals surface area (Å²) in [5.41, 5.74) is 0.960. The Morgan fingerprint density at radius 2 is 2.11 bits per heavy atom. The average molecular weight is 259 g/mol. The second-order valence-corrected chi connectivity index (χ2v) is 4.79. The SMILES string of the molecule is OCC1CCCN1Cc1nnnn1-c1ccccc1. The van der Waals surface area contributed by atoms with Crippen LogP contribution in [0.5, 0.6) is 0 Å². The number of hydrogen-bond acceptors (Lipinski definition) is 5. The highest BCUT2D eigenvalue weighted by Gasteiger charge is 2.25. The minimum Gasteiger partial charge on any atom is -0.395 e. The molecule has 1 unspecified atom stereocenters. The third-order valence-electron chi connectivity index (χ3n) is 3.59. The Morgan fingerprint density at radius 1 is 1.26 bits per heavy atom. The van der Waals surface area contributed by atoms with Crippen LogP contribution in [0.25, 0.3) is 5.69 Å². The van der Waals surface area contributed by atoms with Crippen molar-refractivity contribution >= 4 is 0 Å². The molecule has 2 aromatic rings. The number of nitrogens with zero attached hydrogens (tertiary/aromatic N) is 5. The van der Waals surface area contributed by atoms with Crippen LogP contribution in [0.2, 0.25) is 0 Å². The molecule has 0 aliphatic carbocycles. The molecule has 0 saturated carbocycles. The second-order valence-electron chi connectivity index (χ2n) is 4.79. The molecule has 1 aliphatic heterocycles. The summed E-state index contributed by atoms with van der Waals surface area (Å²) in [6, 6.07) is 10.1. The lowest BCUT2D eigenvalue weighted by Crippen LogP contribution is -2.32. The van der Waals surface area contributed by atoms with E-state index in [4.69, 9.17) is 0 Å². The van der Waals surface area contributed by atoms with Gasteiger partial charge in [0.1, 0.15) is 0 Å². The summed E-state index contributed by atoms with van der Waals surface area (Å²) in [5.74, 6) is 0.812. The van der Waals surface area contributed by atoms with E-state index in [0.717, 1.165) is 30.9 Å². The normalized spacial score (nSPS) is 19.9. The van der Waals surface area contributed by atoms with E-state index in [9.17, 15) is 5.11 Å². The van der Waals surface area contributed by atoms with Gasteiger partial charge >= 0.3 is 0 Å². The lowest BCUT2D eigenvalue weighted by molar-refractivity contribution is 0.150. The van der Waals surface area contributed by atoms with E-state index in [1.807, 2.05) is 30.3 Å². The Morgan fingerprint density at radius 3 is 2.89 bits per heavy atom. The minimum absolute atomic E-state index is 0.201. The van der Waals surface area contributed by atoms with Gasteiger partial charge in [-0.25, -0.2) is 0 Å². The predicted octanol–water partition coefficient (Wildman–Crippen LogP) is 0.619. The minimum atomic E-state index is 0.201. The van der Waals surface area contributed by atoms with Gasteiger partial charge in [-0.3, -0.25) is 4.90 Å². The molecule has 6 heteroatoms. The maximum atomic E-state index is 9.35. The largest absolute Gasteiger partial charge is 0.395 e.